The maximum absolute atomic E-state index is 5.96. The van der Waals surface area contributed by atoms with Crippen molar-refractivity contribution >= 4 is 23.5 Å². The van der Waals surface area contributed by atoms with Crippen molar-refractivity contribution < 1.29 is 9.15 Å². The van der Waals surface area contributed by atoms with Gasteiger partial charge in [0.05, 0.1) is 5.75 Å². The largest absolute Gasteiger partial charge is 0.457 e. The number of aromatic nitrogens is 2. The fourth-order valence-electron chi connectivity index (χ4n) is 1.96. The molecule has 0 N–H and O–H groups in total. The van der Waals surface area contributed by atoms with Crippen molar-refractivity contribution in [3.05, 3.63) is 66.1 Å². The molecule has 118 valence electrons. The highest BCUT2D eigenvalue weighted by Crippen LogP contribution is 2.30. The van der Waals surface area contributed by atoms with E-state index in [-0.39, 0.29) is 0 Å². The number of benzene rings is 2. The van der Waals surface area contributed by atoms with Crippen molar-refractivity contribution in [2.24, 2.45) is 0 Å². The molecule has 1 heterocycles. The van der Waals surface area contributed by atoms with Crippen molar-refractivity contribution in [1.29, 1.82) is 0 Å². The molecule has 0 amide bonds. The van der Waals surface area contributed by atoms with Gasteiger partial charge in [-0.25, -0.2) is 0 Å². The van der Waals surface area contributed by atoms with E-state index in [0.717, 1.165) is 22.8 Å². The summed E-state index contributed by atoms with van der Waals surface area (Å²) in [6.07, 6.45) is 2.01. The second-order valence-corrected chi connectivity index (χ2v) is 6.50. The molecule has 0 aliphatic rings. The monoisotopic (exact) mass is 344 g/mol. The van der Waals surface area contributed by atoms with E-state index < -0.39 is 0 Å². The summed E-state index contributed by atoms with van der Waals surface area (Å²) >= 11 is 3.18. The van der Waals surface area contributed by atoms with Crippen LogP contribution in [0.5, 0.6) is 11.5 Å². The molecule has 0 saturated carbocycles. The van der Waals surface area contributed by atoms with Crippen LogP contribution in [-0.4, -0.2) is 16.5 Å². The van der Waals surface area contributed by atoms with Gasteiger partial charge in [-0.1, -0.05) is 48.2 Å². The SMILES string of the molecule is CSCc1nnc(SCc2ccccc2Oc2ccccc2)o1. The summed E-state index contributed by atoms with van der Waals surface area (Å²) in [7, 11) is 0. The summed E-state index contributed by atoms with van der Waals surface area (Å²) < 4.78 is 11.5. The molecule has 3 rings (SSSR count). The van der Waals surface area contributed by atoms with Crippen molar-refractivity contribution in [1.82, 2.24) is 10.2 Å². The normalized spacial score (nSPS) is 10.7. The molecule has 0 radical (unpaired) electrons. The van der Waals surface area contributed by atoms with Crippen molar-refractivity contribution in [3.8, 4) is 11.5 Å². The average molecular weight is 344 g/mol. The van der Waals surface area contributed by atoms with Crippen LogP contribution in [0.1, 0.15) is 11.5 Å². The molecule has 0 unspecified atom stereocenters. The molecule has 0 atom stereocenters. The van der Waals surface area contributed by atoms with E-state index in [9.17, 15) is 0 Å². The lowest BCUT2D eigenvalue weighted by molar-refractivity contribution is 0.426. The lowest BCUT2D eigenvalue weighted by Crippen LogP contribution is -1.90. The first-order chi connectivity index (χ1) is 11.3. The Labute approximate surface area is 143 Å². The average Bonchev–Trinajstić information content (AvgIpc) is 3.03. The van der Waals surface area contributed by atoms with E-state index in [1.54, 1.807) is 11.8 Å². The van der Waals surface area contributed by atoms with Gasteiger partial charge in [0.1, 0.15) is 11.5 Å². The predicted octanol–water partition coefficient (Wildman–Crippen LogP) is 5.02. The van der Waals surface area contributed by atoms with Crippen LogP contribution in [0.4, 0.5) is 0 Å². The molecular formula is C17H16N2O2S2. The van der Waals surface area contributed by atoms with E-state index in [1.165, 1.54) is 11.8 Å². The predicted molar refractivity (Wildman–Crippen MR) is 94.0 cm³/mol. The number of ether oxygens (including phenoxy) is 1. The molecule has 4 nitrogen and oxygen atoms in total. The minimum Gasteiger partial charge on any atom is -0.457 e. The van der Waals surface area contributed by atoms with Gasteiger partial charge >= 0.3 is 0 Å². The highest BCUT2D eigenvalue weighted by Gasteiger charge is 2.09. The fraction of sp³-hybridized carbons (Fsp3) is 0.176. The molecule has 0 spiro atoms. The highest BCUT2D eigenvalue weighted by atomic mass is 32.2. The third kappa shape index (κ3) is 4.53. The minimum atomic E-state index is 0.587. The Morgan fingerprint density at radius 2 is 1.74 bits per heavy atom. The molecule has 0 aliphatic carbocycles. The van der Waals surface area contributed by atoms with Crippen molar-refractivity contribution in [2.75, 3.05) is 6.26 Å². The Balaban J connectivity index is 1.67. The van der Waals surface area contributed by atoms with Crippen LogP contribution in [0.2, 0.25) is 0 Å². The fourth-order valence-corrected chi connectivity index (χ4v) is 3.09. The molecule has 3 aromatic rings. The molecular weight excluding hydrogens is 328 g/mol. The van der Waals surface area contributed by atoms with E-state index in [2.05, 4.69) is 10.2 Å². The zero-order valence-corrected chi connectivity index (χ0v) is 14.3. The lowest BCUT2D eigenvalue weighted by Gasteiger charge is -2.10. The molecule has 2 aromatic carbocycles. The van der Waals surface area contributed by atoms with Crippen LogP contribution >= 0.6 is 23.5 Å². The molecule has 23 heavy (non-hydrogen) atoms. The number of thioether (sulfide) groups is 2. The molecule has 0 bridgehead atoms. The Hall–Kier alpha value is -1.92. The maximum Gasteiger partial charge on any atom is 0.276 e. The van der Waals surface area contributed by atoms with Crippen LogP contribution in [0.15, 0.2) is 64.2 Å². The smallest absolute Gasteiger partial charge is 0.276 e. The number of hydrogen-bond acceptors (Lipinski definition) is 6. The molecule has 6 heteroatoms. The first-order valence-electron chi connectivity index (χ1n) is 7.10. The van der Waals surface area contributed by atoms with Crippen molar-refractivity contribution in [3.63, 3.8) is 0 Å². The van der Waals surface area contributed by atoms with E-state index in [1.807, 2.05) is 60.9 Å². The topological polar surface area (TPSA) is 48.2 Å². The summed E-state index contributed by atoms with van der Waals surface area (Å²) in [6.45, 7) is 0. The molecule has 0 aliphatic heterocycles. The Kier molecular flexibility index (Phi) is 5.60. The summed E-state index contributed by atoms with van der Waals surface area (Å²) in [6, 6.07) is 17.7. The van der Waals surface area contributed by atoms with E-state index in [0.29, 0.717) is 16.9 Å². The second kappa shape index (κ2) is 8.08. The summed E-state index contributed by atoms with van der Waals surface area (Å²) in [5.74, 6) is 3.78. The van der Waals surface area contributed by atoms with Gasteiger partial charge in [0.25, 0.3) is 5.22 Å². The summed E-state index contributed by atoms with van der Waals surface area (Å²) in [4.78, 5) is 0. The van der Waals surface area contributed by atoms with Gasteiger partial charge in [0.15, 0.2) is 0 Å². The minimum absolute atomic E-state index is 0.587. The van der Waals surface area contributed by atoms with Crippen molar-refractivity contribution in [2.45, 2.75) is 16.7 Å². The first kappa shape index (κ1) is 16.0. The second-order valence-electron chi connectivity index (χ2n) is 4.71. The zero-order valence-electron chi connectivity index (χ0n) is 12.6. The molecule has 1 aromatic heterocycles. The van der Waals surface area contributed by atoms with E-state index >= 15 is 0 Å². The van der Waals surface area contributed by atoms with Crippen LogP contribution in [-0.2, 0) is 11.5 Å². The highest BCUT2D eigenvalue weighted by molar-refractivity contribution is 7.98. The van der Waals surface area contributed by atoms with Gasteiger partial charge in [-0.05, 0) is 24.5 Å². The van der Waals surface area contributed by atoms with Gasteiger partial charge in [0, 0.05) is 11.3 Å². The van der Waals surface area contributed by atoms with Crippen LogP contribution in [0.3, 0.4) is 0 Å². The Bertz CT molecular complexity index is 747. The Morgan fingerprint density at radius 1 is 0.957 bits per heavy atom. The number of hydrogen-bond donors (Lipinski definition) is 0. The van der Waals surface area contributed by atoms with Gasteiger partial charge in [-0.2, -0.15) is 11.8 Å². The lowest BCUT2D eigenvalue weighted by atomic mass is 10.2. The zero-order chi connectivity index (χ0) is 15.9. The van der Waals surface area contributed by atoms with E-state index in [4.69, 9.17) is 9.15 Å². The van der Waals surface area contributed by atoms with Gasteiger partial charge in [-0.3, -0.25) is 0 Å². The molecule has 0 fully saturated rings. The standard InChI is InChI=1S/C17H16N2O2S2/c1-22-12-16-18-19-17(21-16)23-11-13-7-5-6-10-15(13)20-14-8-3-2-4-9-14/h2-10H,11-12H2,1H3. The molecule has 0 saturated heterocycles. The van der Waals surface area contributed by atoms with Crippen LogP contribution in [0, 0.1) is 0 Å². The number of rotatable bonds is 7. The maximum atomic E-state index is 5.96. The third-order valence-corrected chi connectivity index (χ3v) is 4.41. The summed E-state index contributed by atoms with van der Waals surface area (Å²) in [5, 5.41) is 8.66. The van der Waals surface area contributed by atoms with Gasteiger partial charge in [-0.15, -0.1) is 10.2 Å². The quantitative estimate of drug-likeness (QED) is 0.561. The third-order valence-electron chi connectivity index (χ3n) is 3.01. The Morgan fingerprint density at radius 3 is 2.57 bits per heavy atom. The summed E-state index contributed by atoms with van der Waals surface area (Å²) in [5.41, 5.74) is 1.09. The van der Waals surface area contributed by atoms with Crippen LogP contribution < -0.4 is 4.74 Å². The van der Waals surface area contributed by atoms with Crippen LogP contribution in [0.25, 0.3) is 0 Å². The first-order valence-corrected chi connectivity index (χ1v) is 9.48. The van der Waals surface area contributed by atoms with Gasteiger partial charge < -0.3 is 9.15 Å². The number of nitrogens with zero attached hydrogens (tertiary/aromatic N) is 2. The number of para-hydroxylation sites is 2. The van der Waals surface area contributed by atoms with Gasteiger partial charge in [0.2, 0.25) is 5.89 Å².